The number of aromatic nitrogens is 2. The van der Waals surface area contributed by atoms with Gasteiger partial charge in [-0.05, 0) is 40.5 Å². The molecule has 4 nitrogen and oxygen atoms in total. The number of aryl methyl sites for hydroxylation is 2. The van der Waals surface area contributed by atoms with Crippen LogP contribution in [0, 0.1) is 6.92 Å². The van der Waals surface area contributed by atoms with Crippen LogP contribution in [0.15, 0.2) is 29.0 Å². The Bertz CT molecular complexity index is 609. The molecule has 6 heteroatoms. The Morgan fingerprint density at radius 1 is 1.50 bits per heavy atom. The molecule has 1 N–H and O–H groups in total. The van der Waals surface area contributed by atoms with Crippen molar-refractivity contribution in [3.63, 3.8) is 0 Å². The van der Waals surface area contributed by atoms with Crippen molar-refractivity contribution in [2.75, 3.05) is 5.32 Å². The van der Waals surface area contributed by atoms with Crippen LogP contribution in [-0.2, 0) is 7.05 Å². The lowest BCUT2D eigenvalue weighted by Crippen LogP contribution is -2.15. The van der Waals surface area contributed by atoms with Crippen LogP contribution in [0.4, 0.5) is 5.69 Å². The third-order valence-corrected chi connectivity index (χ3v) is 3.31. The van der Waals surface area contributed by atoms with Gasteiger partial charge in [0.2, 0.25) is 0 Å². The van der Waals surface area contributed by atoms with Crippen molar-refractivity contribution in [3.8, 4) is 0 Å². The zero-order valence-corrected chi connectivity index (χ0v) is 12.2. The first-order valence-corrected chi connectivity index (χ1v) is 6.40. The summed E-state index contributed by atoms with van der Waals surface area (Å²) in [6, 6.07) is 3.54. The lowest BCUT2D eigenvalue weighted by molar-refractivity contribution is 0.101. The summed E-state index contributed by atoms with van der Waals surface area (Å²) in [6.07, 6.45) is 3.35. The fourth-order valence-corrected chi connectivity index (χ4v) is 2.20. The van der Waals surface area contributed by atoms with Crippen LogP contribution in [0.3, 0.4) is 0 Å². The minimum absolute atomic E-state index is 0.188. The van der Waals surface area contributed by atoms with Gasteiger partial charge in [-0.2, -0.15) is 0 Å². The van der Waals surface area contributed by atoms with Crippen molar-refractivity contribution in [2.24, 2.45) is 7.05 Å². The van der Waals surface area contributed by atoms with E-state index in [1.807, 2.05) is 20.2 Å². The molecule has 0 radical (unpaired) electrons. The van der Waals surface area contributed by atoms with Gasteiger partial charge in [-0.15, -0.1) is 0 Å². The van der Waals surface area contributed by atoms with Crippen LogP contribution < -0.4 is 5.32 Å². The third-order valence-electron chi connectivity index (χ3n) is 2.48. The topological polar surface area (TPSA) is 46.9 Å². The van der Waals surface area contributed by atoms with E-state index in [0.29, 0.717) is 16.5 Å². The van der Waals surface area contributed by atoms with E-state index >= 15 is 0 Å². The number of hydrogen-bond acceptors (Lipinski definition) is 2. The number of carbonyl (C=O) groups excluding carboxylic acids is 1. The lowest BCUT2D eigenvalue weighted by Gasteiger charge is -2.06. The molecule has 18 heavy (non-hydrogen) atoms. The summed E-state index contributed by atoms with van der Waals surface area (Å²) in [5.41, 5.74) is 2.01. The van der Waals surface area contributed by atoms with Crippen LogP contribution in [0.2, 0.25) is 5.15 Å². The van der Waals surface area contributed by atoms with E-state index in [2.05, 4.69) is 26.2 Å². The molecule has 94 valence electrons. The minimum atomic E-state index is -0.188. The van der Waals surface area contributed by atoms with Crippen LogP contribution >= 0.6 is 27.5 Å². The molecule has 0 fully saturated rings. The van der Waals surface area contributed by atoms with E-state index in [-0.39, 0.29) is 5.91 Å². The molecule has 0 spiro atoms. The summed E-state index contributed by atoms with van der Waals surface area (Å²) in [5.74, 6) is -0.188. The molecule has 2 rings (SSSR count). The molecule has 1 amide bonds. The summed E-state index contributed by atoms with van der Waals surface area (Å²) < 4.78 is 2.61. The summed E-state index contributed by atoms with van der Waals surface area (Å²) in [5, 5.41) is 3.22. The smallest absolute Gasteiger partial charge is 0.272 e. The van der Waals surface area contributed by atoms with Gasteiger partial charge < -0.3 is 9.88 Å². The molecule has 0 bridgehead atoms. The van der Waals surface area contributed by atoms with Crippen molar-refractivity contribution in [1.29, 1.82) is 0 Å². The molecule has 2 aromatic rings. The van der Waals surface area contributed by atoms with E-state index < -0.39 is 0 Å². The quantitative estimate of drug-likeness (QED) is 0.859. The number of nitrogens with zero attached hydrogens (tertiary/aromatic N) is 2. The van der Waals surface area contributed by atoms with Gasteiger partial charge >= 0.3 is 0 Å². The highest BCUT2D eigenvalue weighted by Crippen LogP contribution is 2.18. The zero-order chi connectivity index (χ0) is 13.3. The maximum Gasteiger partial charge on any atom is 0.272 e. The Hall–Kier alpha value is -1.33. The van der Waals surface area contributed by atoms with Gasteiger partial charge in [0.15, 0.2) is 0 Å². The Kier molecular flexibility index (Phi) is 3.73. The zero-order valence-electron chi connectivity index (χ0n) is 9.87. The van der Waals surface area contributed by atoms with E-state index in [1.165, 1.54) is 6.20 Å². The van der Waals surface area contributed by atoms with Gasteiger partial charge in [0.05, 0.1) is 11.9 Å². The Balaban J connectivity index is 2.21. The first kappa shape index (κ1) is 13.1. The molecule has 0 saturated heterocycles. The predicted molar refractivity (Wildman–Crippen MR) is 75.1 cm³/mol. The Morgan fingerprint density at radius 3 is 2.78 bits per heavy atom. The Labute approximate surface area is 118 Å². The number of carbonyl (C=O) groups is 1. The number of nitrogens with one attached hydrogen (secondary N) is 1. The molecule has 0 aliphatic carbocycles. The van der Waals surface area contributed by atoms with Crippen LogP contribution in [0.5, 0.6) is 0 Å². The minimum Gasteiger partial charge on any atom is -0.345 e. The number of rotatable bonds is 2. The molecular weight excluding hydrogens is 318 g/mol. The van der Waals surface area contributed by atoms with Crippen molar-refractivity contribution >= 4 is 39.1 Å². The summed E-state index contributed by atoms with van der Waals surface area (Å²) in [6.45, 7) is 1.84. The van der Waals surface area contributed by atoms with Gasteiger partial charge in [0.25, 0.3) is 5.91 Å². The molecule has 0 saturated carbocycles. The standard InChI is InChI=1S/C12H11BrClN3O/c1-7-3-9(5-15-11(7)14)16-12(18)10-4-8(13)6-17(10)2/h3-6H,1-2H3,(H,16,18). The van der Waals surface area contributed by atoms with Gasteiger partial charge in [-0.3, -0.25) is 4.79 Å². The van der Waals surface area contributed by atoms with Crippen LogP contribution in [0.25, 0.3) is 0 Å². The number of halogens is 2. The average Bonchev–Trinajstić information content (AvgIpc) is 2.63. The average molecular weight is 329 g/mol. The van der Waals surface area contributed by atoms with Gasteiger partial charge in [0.1, 0.15) is 10.8 Å². The summed E-state index contributed by atoms with van der Waals surface area (Å²) in [7, 11) is 1.81. The molecule has 2 heterocycles. The SMILES string of the molecule is Cc1cc(NC(=O)c2cc(Br)cn2C)cnc1Cl. The van der Waals surface area contributed by atoms with Crippen molar-refractivity contribution in [1.82, 2.24) is 9.55 Å². The van der Waals surface area contributed by atoms with Gasteiger partial charge in [-0.25, -0.2) is 4.98 Å². The van der Waals surface area contributed by atoms with Crippen LogP contribution in [-0.4, -0.2) is 15.5 Å². The molecule has 0 atom stereocenters. The molecule has 0 aliphatic rings. The fraction of sp³-hybridized carbons (Fsp3) is 0.167. The highest BCUT2D eigenvalue weighted by molar-refractivity contribution is 9.10. The lowest BCUT2D eigenvalue weighted by atomic mass is 10.3. The van der Waals surface area contributed by atoms with Crippen molar-refractivity contribution in [2.45, 2.75) is 6.92 Å². The molecule has 2 aromatic heterocycles. The van der Waals surface area contributed by atoms with Crippen LogP contribution in [0.1, 0.15) is 16.1 Å². The second-order valence-corrected chi connectivity index (χ2v) is 5.21. The second kappa shape index (κ2) is 5.12. The van der Waals surface area contributed by atoms with E-state index in [1.54, 1.807) is 16.7 Å². The largest absolute Gasteiger partial charge is 0.345 e. The summed E-state index contributed by atoms with van der Waals surface area (Å²) in [4.78, 5) is 16.0. The third kappa shape index (κ3) is 2.73. The van der Waals surface area contributed by atoms with Gasteiger partial charge in [-0.1, -0.05) is 11.6 Å². The second-order valence-electron chi connectivity index (χ2n) is 3.94. The van der Waals surface area contributed by atoms with Crippen molar-refractivity contribution < 1.29 is 4.79 Å². The van der Waals surface area contributed by atoms with E-state index in [0.717, 1.165) is 10.0 Å². The maximum atomic E-state index is 12.0. The Morgan fingerprint density at radius 2 is 2.22 bits per heavy atom. The first-order valence-electron chi connectivity index (χ1n) is 5.22. The molecule has 0 unspecified atom stereocenters. The predicted octanol–water partition coefficient (Wildman–Crippen LogP) is 3.40. The van der Waals surface area contributed by atoms with E-state index in [9.17, 15) is 4.79 Å². The normalized spacial score (nSPS) is 10.4. The number of hydrogen-bond donors (Lipinski definition) is 1. The first-order chi connectivity index (χ1) is 8.47. The number of amides is 1. The van der Waals surface area contributed by atoms with E-state index in [4.69, 9.17) is 11.6 Å². The summed E-state index contributed by atoms with van der Waals surface area (Å²) >= 11 is 9.16. The monoisotopic (exact) mass is 327 g/mol. The van der Waals surface area contributed by atoms with Crippen molar-refractivity contribution in [3.05, 3.63) is 45.4 Å². The highest BCUT2D eigenvalue weighted by atomic mass is 79.9. The highest BCUT2D eigenvalue weighted by Gasteiger charge is 2.11. The molecule has 0 aliphatic heterocycles. The molecule has 0 aromatic carbocycles. The molecular formula is C12H11BrClN3O. The number of pyridine rings is 1. The fourth-order valence-electron chi connectivity index (χ4n) is 1.57. The number of anilines is 1. The maximum absolute atomic E-state index is 12.0. The van der Waals surface area contributed by atoms with Gasteiger partial charge in [0, 0.05) is 17.7 Å².